The van der Waals surface area contributed by atoms with Gasteiger partial charge in [-0.2, -0.15) is 0 Å². The third-order valence-electron chi connectivity index (χ3n) is 3.07. The number of ketones is 1. The highest BCUT2D eigenvalue weighted by atomic mass is 16.5. The van der Waals surface area contributed by atoms with Crippen LogP contribution in [-0.4, -0.2) is 24.5 Å². The van der Waals surface area contributed by atoms with Crippen LogP contribution < -0.4 is 5.11 Å². The van der Waals surface area contributed by atoms with Gasteiger partial charge in [0.1, 0.15) is 6.10 Å². The lowest BCUT2D eigenvalue weighted by Gasteiger charge is -2.31. The molecule has 0 aromatic rings. The zero-order valence-corrected chi connectivity index (χ0v) is 10.6. The van der Waals surface area contributed by atoms with Gasteiger partial charge in [-0.25, -0.2) is 0 Å². The van der Waals surface area contributed by atoms with Gasteiger partial charge in [-0.3, -0.25) is 4.79 Å². The van der Waals surface area contributed by atoms with Crippen LogP contribution >= 0.6 is 0 Å². The average Bonchev–Trinajstić information content (AvgIpc) is 2.24. The molecule has 0 aromatic carbocycles. The summed E-state index contributed by atoms with van der Waals surface area (Å²) in [5.41, 5.74) is 0. The molecule has 0 unspecified atom stereocenters. The second-order valence-electron chi connectivity index (χ2n) is 5.18. The molecule has 0 saturated heterocycles. The first-order chi connectivity index (χ1) is 8.00. The fourth-order valence-corrected chi connectivity index (χ4v) is 2.22. The first-order valence-electron chi connectivity index (χ1n) is 6.35. The first kappa shape index (κ1) is 14.2. The van der Waals surface area contributed by atoms with Crippen LogP contribution in [0.5, 0.6) is 0 Å². The van der Waals surface area contributed by atoms with E-state index >= 15 is 0 Å². The average molecular weight is 241 g/mol. The van der Waals surface area contributed by atoms with E-state index in [9.17, 15) is 14.7 Å². The number of carboxylic acids is 1. The predicted molar refractivity (Wildman–Crippen MR) is 61.2 cm³/mol. The molecule has 0 aliphatic heterocycles. The van der Waals surface area contributed by atoms with E-state index in [-0.39, 0.29) is 18.1 Å². The number of carbonyl (C=O) groups is 2. The van der Waals surface area contributed by atoms with Gasteiger partial charge in [0.2, 0.25) is 0 Å². The number of carbonyl (C=O) groups excluding carboxylic acids is 2. The highest BCUT2D eigenvalue weighted by molar-refractivity contribution is 5.84. The van der Waals surface area contributed by atoms with Crippen molar-refractivity contribution in [1.29, 1.82) is 0 Å². The molecule has 0 N–H and O–H groups in total. The van der Waals surface area contributed by atoms with E-state index in [0.717, 1.165) is 12.8 Å². The number of hydrogen-bond acceptors (Lipinski definition) is 4. The van der Waals surface area contributed by atoms with Crippen molar-refractivity contribution < 1.29 is 19.4 Å². The molecule has 0 bridgehead atoms. The van der Waals surface area contributed by atoms with Crippen LogP contribution in [0.1, 0.15) is 46.0 Å². The SMILES string of the molecule is CC(C)CO[C@H]1C(=O)CCC[C@H]1CCC(=O)[O-]. The predicted octanol–water partition coefficient (Wildman–Crippen LogP) is 0.927. The molecule has 17 heavy (non-hydrogen) atoms. The van der Waals surface area contributed by atoms with Gasteiger partial charge in [-0.15, -0.1) is 0 Å². The van der Waals surface area contributed by atoms with Gasteiger partial charge in [0.25, 0.3) is 0 Å². The Balaban J connectivity index is 2.50. The van der Waals surface area contributed by atoms with Gasteiger partial charge in [0, 0.05) is 19.0 Å². The molecule has 1 aliphatic rings. The van der Waals surface area contributed by atoms with Crippen molar-refractivity contribution >= 4 is 11.8 Å². The van der Waals surface area contributed by atoms with Crippen LogP contribution in [0.4, 0.5) is 0 Å². The lowest BCUT2D eigenvalue weighted by atomic mass is 9.82. The summed E-state index contributed by atoms with van der Waals surface area (Å²) in [4.78, 5) is 22.2. The molecule has 4 nitrogen and oxygen atoms in total. The minimum atomic E-state index is -1.05. The van der Waals surface area contributed by atoms with Gasteiger partial charge in [-0.05, 0) is 37.5 Å². The quantitative estimate of drug-likeness (QED) is 0.693. The second kappa shape index (κ2) is 6.74. The monoisotopic (exact) mass is 241 g/mol. The minimum absolute atomic E-state index is 0.0134. The summed E-state index contributed by atoms with van der Waals surface area (Å²) in [7, 11) is 0. The molecule has 1 fully saturated rings. The Morgan fingerprint density at radius 2 is 2.24 bits per heavy atom. The number of Topliss-reactive ketones (excluding diaryl/α,β-unsaturated/α-hetero) is 1. The van der Waals surface area contributed by atoms with E-state index in [1.54, 1.807) is 0 Å². The van der Waals surface area contributed by atoms with Crippen LogP contribution in [0.25, 0.3) is 0 Å². The molecule has 1 saturated carbocycles. The van der Waals surface area contributed by atoms with E-state index in [4.69, 9.17) is 4.74 Å². The van der Waals surface area contributed by atoms with E-state index < -0.39 is 12.1 Å². The van der Waals surface area contributed by atoms with Crippen molar-refractivity contribution in [2.24, 2.45) is 11.8 Å². The molecule has 4 heteroatoms. The number of hydrogen-bond donors (Lipinski definition) is 0. The minimum Gasteiger partial charge on any atom is -0.550 e. The third kappa shape index (κ3) is 4.86. The topological polar surface area (TPSA) is 66.4 Å². The summed E-state index contributed by atoms with van der Waals surface area (Å²) in [6, 6.07) is 0. The van der Waals surface area contributed by atoms with Crippen molar-refractivity contribution in [2.45, 2.75) is 52.1 Å². The summed E-state index contributed by atoms with van der Waals surface area (Å²) in [5.74, 6) is -0.495. The van der Waals surface area contributed by atoms with E-state index in [1.807, 2.05) is 13.8 Å². The second-order valence-corrected chi connectivity index (χ2v) is 5.18. The molecule has 0 spiro atoms. The fraction of sp³-hybridized carbons (Fsp3) is 0.846. The molecule has 1 rings (SSSR count). The maximum Gasteiger partial charge on any atom is 0.161 e. The van der Waals surface area contributed by atoms with Gasteiger partial charge in [0.15, 0.2) is 5.78 Å². The van der Waals surface area contributed by atoms with Gasteiger partial charge >= 0.3 is 0 Å². The Morgan fingerprint density at radius 3 is 2.82 bits per heavy atom. The van der Waals surface area contributed by atoms with E-state index in [0.29, 0.717) is 25.4 Å². The molecule has 1 aliphatic carbocycles. The van der Waals surface area contributed by atoms with Crippen LogP contribution in [0, 0.1) is 11.8 Å². The van der Waals surface area contributed by atoms with Crippen molar-refractivity contribution in [1.82, 2.24) is 0 Å². The third-order valence-corrected chi connectivity index (χ3v) is 3.07. The summed E-state index contributed by atoms with van der Waals surface area (Å²) in [6.45, 7) is 4.62. The van der Waals surface area contributed by atoms with Crippen molar-refractivity contribution in [3.05, 3.63) is 0 Å². The summed E-state index contributed by atoms with van der Waals surface area (Å²) >= 11 is 0. The summed E-state index contributed by atoms with van der Waals surface area (Å²) in [5, 5.41) is 10.5. The summed E-state index contributed by atoms with van der Waals surface area (Å²) in [6.07, 6.45) is 2.38. The first-order valence-corrected chi connectivity index (χ1v) is 6.35. The van der Waals surface area contributed by atoms with Gasteiger partial charge in [-0.1, -0.05) is 13.8 Å². The highest BCUT2D eigenvalue weighted by Gasteiger charge is 2.32. The molecule has 98 valence electrons. The summed E-state index contributed by atoms with van der Waals surface area (Å²) < 4.78 is 5.64. The maximum atomic E-state index is 11.8. The lowest BCUT2D eigenvalue weighted by molar-refractivity contribution is -0.306. The molecule has 0 heterocycles. The largest absolute Gasteiger partial charge is 0.550 e. The van der Waals surface area contributed by atoms with Gasteiger partial charge < -0.3 is 14.6 Å². The number of ether oxygens (including phenoxy) is 1. The standard InChI is InChI=1S/C13H22O4/c1-9(2)8-17-13-10(6-7-12(15)16)4-3-5-11(13)14/h9-10,13H,3-8H2,1-2H3,(H,15,16)/p-1/t10-,13+/m0/s1. The Bertz CT molecular complexity index is 273. The molecule has 0 aromatic heterocycles. The van der Waals surface area contributed by atoms with Gasteiger partial charge in [0.05, 0.1) is 0 Å². The number of aliphatic carboxylic acids is 1. The van der Waals surface area contributed by atoms with E-state index in [2.05, 4.69) is 0 Å². The normalized spacial score (nSPS) is 25.2. The highest BCUT2D eigenvalue weighted by Crippen LogP contribution is 2.28. The number of rotatable bonds is 6. The van der Waals surface area contributed by atoms with Crippen molar-refractivity contribution in [2.75, 3.05) is 6.61 Å². The molecular weight excluding hydrogens is 220 g/mol. The molecule has 2 atom stereocenters. The van der Waals surface area contributed by atoms with Crippen LogP contribution in [-0.2, 0) is 14.3 Å². The number of carboxylic acid groups (broad SMARTS) is 1. The Morgan fingerprint density at radius 1 is 1.53 bits per heavy atom. The fourth-order valence-electron chi connectivity index (χ4n) is 2.22. The molecule has 0 radical (unpaired) electrons. The smallest absolute Gasteiger partial charge is 0.161 e. The maximum absolute atomic E-state index is 11.8. The van der Waals surface area contributed by atoms with Crippen LogP contribution in [0.2, 0.25) is 0 Å². The Labute approximate surface area is 102 Å². The lowest BCUT2D eigenvalue weighted by Crippen LogP contribution is -2.38. The Kier molecular flexibility index (Phi) is 5.62. The molecular formula is C13H21O4-. The Hall–Kier alpha value is -0.900. The van der Waals surface area contributed by atoms with Crippen molar-refractivity contribution in [3.63, 3.8) is 0 Å². The van der Waals surface area contributed by atoms with E-state index in [1.165, 1.54) is 0 Å². The van der Waals surface area contributed by atoms with Crippen LogP contribution in [0.3, 0.4) is 0 Å². The zero-order chi connectivity index (χ0) is 12.8. The van der Waals surface area contributed by atoms with Crippen LogP contribution in [0.15, 0.2) is 0 Å². The van der Waals surface area contributed by atoms with Crippen molar-refractivity contribution in [3.8, 4) is 0 Å². The zero-order valence-electron chi connectivity index (χ0n) is 10.6. The molecule has 0 amide bonds.